The van der Waals surface area contributed by atoms with Crippen LogP contribution in [0.5, 0.6) is 5.75 Å². The Morgan fingerprint density at radius 3 is 2.71 bits per heavy atom. The summed E-state index contributed by atoms with van der Waals surface area (Å²) in [5.74, 6) is 0.383. The standard InChI is InChI=1S/C17H14BrN3O2S/c1-11(23-13-7-5-12(18)6-8-13)16(22)21-17-20-15(10-24-17)14-4-2-3-9-19-14/h2-11H,1H3,(H,20,21,22)/t11-/m1/s1. The molecule has 7 heteroatoms. The molecule has 2 aromatic heterocycles. The lowest BCUT2D eigenvalue weighted by Crippen LogP contribution is -2.30. The number of anilines is 1. The molecule has 0 fully saturated rings. The number of benzene rings is 1. The van der Waals surface area contributed by atoms with Gasteiger partial charge in [-0.3, -0.25) is 15.1 Å². The van der Waals surface area contributed by atoms with Crippen molar-refractivity contribution in [1.82, 2.24) is 9.97 Å². The summed E-state index contributed by atoms with van der Waals surface area (Å²) in [6, 6.07) is 12.9. The Morgan fingerprint density at radius 2 is 2.00 bits per heavy atom. The van der Waals surface area contributed by atoms with Crippen molar-refractivity contribution < 1.29 is 9.53 Å². The minimum atomic E-state index is -0.631. The molecule has 122 valence electrons. The van der Waals surface area contributed by atoms with Crippen molar-refractivity contribution in [1.29, 1.82) is 0 Å². The van der Waals surface area contributed by atoms with Crippen molar-refractivity contribution in [2.24, 2.45) is 0 Å². The van der Waals surface area contributed by atoms with Gasteiger partial charge in [0.25, 0.3) is 5.91 Å². The second-order valence-electron chi connectivity index (χ2n) is 4.96. The van der Waals surface area contributed by atoms with Gasteiger partial charge in [0.2, 0.25) is 0 Å². The lowest BCUT2D eigenvalue weighted by Gasteiger charge is -2.13. The SMILES string of the molecule is C[C@@H](Oc1ccc(Br)cc1)C(=O)Nc1nc(-c2ccccn2)cs1. The van der Waals surface area contributed by atoms with Crippen LogP contribution >= 0.6 is 27.3 Å². The van der Waals surface area contributed by atoms with Crippen LogP contribution in [0.3, 0.4) is 0 Å². The van der Waals surface area contributed by atoms with Gasteiger partial charge in [0.15, 0.2) is 11.2 Å². The first-order valence-corrected chi connectivity index (χ1v) is 8.89. The van der Waals surface area contributed by atoms with E-state index < -0.39 is 6.10 Å². The molecule has 0 saturated heterocycles. The Hall–Kier alpha value is -2.25. The first-order chi connectivity index (χ1) is 11.6. The average Bonchev–Trinajstić information content (AvgIpc) is 3.06. The number of thiazole rings is 1. The van der Waals surface area contributed by atoms with Crippen molar-refractivity contribution in [3.8, 4) is 17.1 Å². The summed E-state index contributed by atoms with van der Waals surface area (Å²) in [6.45, 7) is 1.70. The molecule has 0 aliphatic heterocycles. The zero-order valence-electron chi connectivity index (χ0n) is 12.8. The van der Waals surface area contributed by atoms with Crippen LogP contribution in [-0.2, 0) is 4.79 Å². The zero-order chi connectivity index (χ0) is 16.9. The molecule has 0 bridgehead atoms. The highest BCUT2D eigenvalue weighted by Crippen LogP contribution is 2.23. The third-order valence-corrected chi connectivity index (χ3v) is 4.44. The maximum absolute atomic E-state index is 12.2. The molecule has 0 aliphatic rings. The molecule has 1 amide bonds. The van der Waals surface area contributed by atoms with Gasteiger partial charge in [-0.1, -0.05) is 22.0 Å². The van der Waals surface area contributed by atoms with E-state index in [1.165, 1.54) is 11.3 Å². The van der Waals surface area contributed by atoms with Crippen LogP contribution in [0.4, 0.5) is 5.13 Å². The number of rotatable bonds is 5. The van der Waals surface area contributed by atoms with Gasteiger partial charge in [-0.05, 0) is 43.3 Å². The smallest absolute Gasteiger partial charge is 0.266 e. The number of aromatic nitrogens is 2. The number of pyridine rings is 1. The summed E-state index contributed by atoms with van der Waals surface area (Å²) in [5, 5.41) is 5.15. The van der Waals surface area contributed by atoms with Crippen LogP contribution in [0.1, 0.15) is 6.92 Å². The van der Waals surface area contributed by atoms with Gasteiger partial charge < -0.3 is 4.74 Å². The van der Waals surface area contributed by atoms with Crippen LogP contribution in [0.2, 0.25) is 0 Å². The molecule has 1 N–H and O–H groups in total. The zero-order valence-corrected chi connectivity index (χ0v) is 15.2. The van der Waals surface area contributed by atoms with Gasteiger partial charge in [0.05, 0.1) is 5.69 Å². The molecule has 3 rings (SSSR count). The molecule has 1 atom stereocenters. The number of halogens is 1. The Morgan fingerprint density at radius 1 is 1.21 bits per heavy atom. The number of ether oxygens (including phenoxy) is 1. The molecule has 0 spiro atoms. The number of nitrogens with one attached hydrogen (secondary N) is 1. The molecule has 0 radical (unpaired) electrons. The molecule has 24 heavy (non-hydrogen) atoms. The molecule has 0 aliphatic carbocycles. The summed E-state index contributed by atoms with van der Waals surface area (Å²) in [6.07, 6.45) is 1.08. The van der Waals surface area contributed by atoms with Crippen molar-refractivity contribution in [3.63, 3.8) is 0 Å². The van der Waals surface area contributed by atoms with Crippen LogP contribution in [-0.4, -0.2) is 22.0 Å². The fourth-order valence-corrected chi connectivity index (χ4v) is 2.91. The molecule has 1 aromatic carbocycles. The summed E-state index contributed by atoms with van der Waals surface area (Å²) in [4.78, 5) is 20.9. The Bertz CT molecular complexity index is 821. The summed E-state index contributed by atoms with van der Waals surface area (Å²) in [5.41, 5.74) is 1.51. The van der Waals surface area contributed by atoms with Gasteiger partial charge in [-0.2, -0.15) is 0 Å². The van der Waals surface area contributed by atoms with Gasteiger partial charge in [-0.15, -0.1) is 11.3 Å². The van der Waals surface area contributed by atoms with E-state index in [1.807, 2.05) is 35.7 Å². The Labute approximate surface area is 151 Å². The number of nitrogens with zero attached hydrogens (tertiary/aromatic N) is 2. The second-order valence-corrected chi connectivity index (χ2v) is 6.73. The molecular weight excluding hydrogens is 390 g/mol. The van der Waals surface area contributed by atoms with Crippen LogP contribution in [0.25, 0.3) is 11.4 Å². The van der Waals surface area contributed by atoms with Gasteiger partial charge in [0.1, 0.15) is 11.4 Å². The first-order valence-electron chi connectivity index (χ1n) is 7.22. The average molecular weight is 404 g/mol. The van der Waals surface area contributed by atoms with Crippen LogP contribution in [0.15, 0.2) is 58.5 Å². The second kappa shape index (κ2) is 7.55. The third kappa shape index (κ3) is 4.18. The minimum absolute atomic E-state index is 0.250. The number of carbonyl (C=O) groups excluding carboxylic acids is 1. The highest BCUT2D eigenvalue weighted by Gasteiger charge is 2.16. The van der Waals surface area contributed by atoms with Crippen molar-refractivity contribution in [2.75, 3.05) is 5.32 Å². The van der Waals surface area contributed by atoms with Crippen molar-refractivity contribution in [2.45, 2.75) is 13.0 Å². The largest absolute Gasteiger partial charge is 0.481 e. The number of amides is 1. The van der Waals surface area contributed by atoms with E-state index in [-0.39, 0.29) is 5.91 Å². The normalized spacial score (nSPS) is 11.8. The Balaban J connectivity index is 1.62. The number of hydrogen-bond acceptors (Lipinski definition) is 5. The van der Waals surface area contributed by atoms with Crippen molar-refractivity contribution in [3.05, 3.63) is 58.5 Å². The summed E-state index contributed by atoms with van der Waals surface area (Å²) < 4.78 is 6.58. The third-order valence-electron chi connectivity index (χ3n) is 3.16. The topological polar surface area (TPSA) is 64.1 Å². The summed E-state index contributed by atoms with van der Waals surface area (Å²) >= 11 is 4.71. The van der Waals surface area contributed by atoms with Gasteiger partial charge >= 0.3 is 0 Å². The Kier molecular flexibility index (Phi) is 5.22. The number of hydrogen-bond donors (Lipinski definition) is 1. The molecule has 3 aromatic rings. The quantitative estimate of drug-likeness (QED) is 0.686. The predicted octanol–water partition coefficient (Wildman–Crippen LogP) is 4.37. The monoisotopic (exact) mass is 403 g/mol. The van der Waals surface area contributed by atoms with E-state index in [9.17, 15) is 4.79 Å². The van der Waals surface area contributed by atoms with E-state index in [2.05, 4.69) is 31.2 Å². The lowest BCUT2D eigenvalue weighted by molar-refractivity contribution is -0.122. The van der Waals surface area contributed by atoms with E-state index in [0.29, 0.717) is 10.9 Å². The summed E-state index contributed by atoms with van der Waals surface area (Å²) in [7, 11) is 0. The molecule has 0 unspecified atom stereocenters. The molecule has 5 nitrogen and oxygen atoms in total. The van der Waals surface area contributed by atoms with E-state index in [0.717, 1.165) is 15.9 Å². The minimum Gasteiger partial charge on any atom is -0.481 e. The van der Waals surface area contributed by atoms with Crippen LogP contribution < -0.4 is 10.1 Å². The lowest BCUT2D eigenvalue weighted by atomic mass is 10.3. The highest BCUT2D eigenvalue weighted by atomic mass is 79.9. The van der Waals surface area contributed by atoms with E-state index in [4.69, 9.17) is 4.74 Å². The van der Waals surface area contributed by atoms with E-state index in [1.54, 1.807) is 25.3 Å². The van der Waals surface area contributed by atoms with Gasteiger partial charge in [0, 0.05) is 16.0 Å². The fourth-order valence-electron chi connectivity index (χ4n) is 1.94. The molecular formula is C17H14BrN3O2S. The molecule has 0 saturated carbocycles. The predicted molar refractivity (Wildman–Crippen MR) is 98.2 cm³/mol. The molecule has 2 heterocycles. The highest BCUT2D eigenvalue weighted by molar-refractivity contribution is 9.10. The van der Waals surface area contributed by atoms with Crippen LogP contribution in [0, 0.1) is 0 Å². The fraction of sp³-hybridized carbons (Fsp3) is 0.118. The van der Waals surface area contributed by atoms with Crippen molar-refractivity contribution >= 4 is 38.3 Å². The first kappa shape index (κ1) is 16.6. The number of carbonyl (C=O) groups is 1. The maximum atomic E-state index is 12.2. The van der Waals surface area contributed by atoms with Gasteiger partial charge in [-0.25, -0.2) is 4.98 Å². The van der Waals surface area contributed by atoms with E-state index >= 15 is 0 Å². The maximum Gasteiger partial charge on any atom is 0.266 e.